The number of thiophene rings is 1. The Morgan fingerprint density at radius 3 is 2.88 bits per heavy atom. The van der Waals surface area contributed by atoms with Gasteiger partial charge in [0.05, 0.1) is 5.69 Å². The Balaban J connectivity index is 1.37. The Bertz CT molecular complexity index is 840. The maximum absolute atomic E-state index is 12.5. The van der Waals surface area contributed by atoms with Crippen molar-refractivity contribution in [2.24, 2.45) is 5.92 Å². The number of amides is 1. The zero-order valence-electron chi connectivity index (χ0n) is 13.4. The van der Waals surface area contributed by atoms with E-state index in [4.69, 9.17) is 0 Å². The van der Waals surface area contributed by atoms with Crippen LogP contribution in [0.25, 0.3) is 10.6 Å². The summed E-state index contributed by atoms with van der Waals surface area (Å²) in [5.41, 5.74) is 3.29. The van der Waals surface area contributed by atoms with Crippen molar-refractivity contribution < 1.29 is 4.79 Å². The molecule has 2 atom stereocenters. The summed E-state index contributed by atoms with van der Waals surface area (Å²) in [6.07, 6.45) is 1.16. The SMILES string of the molecule is Cc1nc(-c2ccsc2)sc1C(=O)NCC1CC1c1ccccc1. The average Bonchev–Trinajstić information content (AvgIpc) is 2.98. The lowest BCUT2D eigenvalue weighted by Gasteiger charge is -2.04. The molecule has 0 aliphatic heterocycles. The van der Waals surface area contributed by atoms with Crippen molar-refractivity contribution in [3.63, 3.8) is 0 Å². The van der Waals surface area contributed by atoms with Gasteiger partial charge in [0.2, 0.25) is 0 Å². The zero-order chi connectivity index (χ0) is 16.5. The highest BCUT2D eigenvalue weighted by atomic mass is 32.1. The number of carbonyl (C=O) groups is 1. The van der Waals surface area contributed by atoms with E-state index in [9.17, 15) is 4.79 Å². The average molecular weight is 355 g/mol. The highest BCUT2D eigenvalue weighted by Crippen LogP contribution is 2.46. The van der Waals surface area contributed by atoms with Gasteiger partial charge in [0.15, 0.2) is 0 Å². The van der Waals surface area contributed by atoms with Crippen LogP contribution in [0.5, 0.6) is 0 Å². The van der Waals surface area contributed by atoms with Crippen molar-refractivity contribution in [2.45, 2.75) is 19.3 Å². The molecule has 2 aromatic heterocycles. The van der Waals surface area contributed by atoms with E-state index in [0.717, 1.165) is 34.1 Å². The Morgan fingerprint density at radius 2 is 2.12 bits per heavy atom. The van der Waals surface area contributed by atoms with Gasteiger partial charge < -0.3 is 5.32 Å². The molecular formula is C19H18N2OS2. The predicted octanol–water partition coefficient (Wildman–Crippen LogP) is 4.71. The minimum Gasteiger partial charge on any atom is -0.351 e. The van der Waals surface area contributed by atoms with Crippen molar-refractivity contribution in [2.75, 3.05) is 6.54 Å². The molecule has 1 aliphatic carbocycles. The molecule has 1 N–H and O–H groups in total. The van der Waals surface area contributed by atoms with Crippen LogP contribution in [0.15, 0.2) is 47.2 Å². The number of rotatable bonds is 5. The Labute approximate surface area is 149 Å². The summed E-state index contributed by atoms with van der Waals surface area (Å²) in [6.45, 7) is 2.65. The summed E-state index contributed by atoms with van der Waals surface area (Å²) in [5, 5.41) is 8.11. The second-order valence-electron chi connectivity index (χ2n) is 6.17. The Morgan fingerprint density at radius 1 is 1.29 bits per heavy atom. The molecule has 1 aliphatic rings. The minimum absolute atomic E-state index is 0.00481. The number of nitrogens with one attached hydrogen (secondary N) is 1. The molecule has 0 spiro atoms. The molecule has 1 aromatic carbocycles. The highest BCUT2D eigenvalue weighted by molar-refractivity contribution is 7.17. The number of nitrogens with zero attached hydrogens (tertiary/aromatic N) is 1. The third-order valence-corrected chi connectivity index (χ3v) is 6.33. The summed E-state index contributed by atoms with van der Waals surface area (Å²) in [7, 11) is 0. The fraction of sp³-hybridized carbons (Fsp3) is 0.263. The van der Waals surface area contributed by atoms with Crippen molar-refractivity contribution in [1.29, 1.82) is 0 Å². The quantitative estimate of drug-likeness (QED) is 0.721. The summed E-state index contributed by atoms with van der Waals surface area (Å²) in [5.74, 6) is 1.15. The van der Waals surface area contributed by atoms with Crippen LogP contribution < -0.4 is 5.32 Å². The minimum atomic E-state index is 0.00481. The van der Waals surface area contributed by atoms with E-state index in [1.54, 1.807) is 11.3 Å². The zero-order valence-corrected chi connectivity index (χ0v) is 15.0. The van der Waals surface area contributed by atoms with Crippen molar-refractivity contribution in [1.82, 2.24) is 10.3 Å². The number of thiazole rings is 1. The van der Waals surface area contributed by atoms with E-state index >= 15 is 0 Å². The molecule has 0 saturated heterocycles. The highest BCUT2D eigenvalue weighted by Gasteiger charge is 2.38. The van der Waals surface area contributed by atoms with Gasteiger partial charge in [-0.25, -0.2) is 4.98 Å². The van der Waals surface area contributed by atoms with Crippen LogP contribution in [0, 0.1) is 12.8 Å². The molecule has 24 heavy (non-hydrogen) atoms. The number of carbonyl (C=O) groups excluding carboxylic acids is 1. The Hall–Kier alpha value is -1.98. The van der Waals surface area contributed by atoms with Gasteiger partial charge in [-0.3, -0.25) is 4.79 Å². The molecule has 0 radical (unpaired) electrons. The van der Waals surface area contributed by atoms with E-state index in [-0.39, 0.29) is 5.91 Å². The second-order valence-corrected chi connectivity index (χ2v) is 7.95. The van der Waals surface area contributed by atoms with E-state index in [2.05, 4.69) is 39.9 Å². The van der Waals surface area contributed by atoms with Crippen molar-refractivity contribution in [3.8, 4) is 10.6 Å². The molecule has 4 rings (SSSR count). The van der Waals surface area contributed by atoms with Crippen LogP contribution in [-0.2, 0) is 0 Å². The van der Waals surface area contributed by atoms with Gasteiger partial charge >= 0.3 is 0 Å². The number of aromatic nitrogens is 1. The topological polar surface area (TPSA) is 42.0 Å². The fourth-order valence-corrected chi connectivity index (χ4v) is 4.70. The van der Waals surface area contributed by atoms with E-state index in [0.29, 0.717) is 11.8 Å². The van der Waals surface area contributed by atoms with Gasteiger partial charge in [-0.1, -0.05) is 30.3 Å². The van der Waals surface area contributed by atoms with Crippen LogP contribution in [0.3, 0.4) is 0 Å². The van der Waals surface area contributed by atoms with E-state index < -0.39 is 0 Å². The van der Waals surface area contributed by atoms with Gasteiger partial charge in [0.25, 0.3) is 5.91 Å². The number of hydrogen-bond donors (Lipinski definition) is 1. The van der Waals surface area contributed by atoms with E-state index in [1.807, 2.05) is 24.4 Å². The maximum Gasteiger partial charge on any atom is 0.263 e. The summed E-state index contributed by atoms with van der Waals surface area (Å²) in [4.78, 5) is 17.8. The van der Waals surface area contributed by atoms with Crippen molar-refractivity contribution in [3.05, 3.63) is 63.3 Å². The van der Waals surface area contributed by atoms with Crippen LogP contribution in [0.1, 0.15) is 33.3 Å². The van der Waals surface area contributed by atoms with Gasteiger partial charge in [0.1, 0.15) is 9.88 Å². The molecule has 2 heterocycles. The predicted molar refractivity (Wildman–Crippen MR) is 99.8 cm³/mol. The molecule has 122 valence electrons. The summed E-state index contributed by atoms with van der Waals surface area (Å²) >= 11 is 3.12. The largest absolute Gasteiger partial charge is 0.351 e. The molecule has 0 bridgehead atoms. The molecule has 3 nitrogen and oxygen atoms in total. The second kappa shape index (κ2) is 6.49. The molecular weight excluding hydrogens is 336 g/mol. The first-order valence-electron chi connectivity index (χ1n) is 8.05. The molecule has 1 fully saturated rings. The fourth-order valence-electron chi connectivity index (χ4n) is 3.00. The molecule has 2 unspecified atom stereocenters. The van der Waals surface area contributed by atoms with Crippen molar-refractivity contribution >= 4 is 28.6 Å². The van der Waals surface area contributed by atoms with Gasteiger partial charge in [-0.2, -0.15) is 11.3 Å². The number of benzene rings is 1. The molecule has 1 amide bonds. The lowest BCUT2D eigenvalue weighted by atomic mass is 10.1. The summed E-state index contributed by atoms with van der Waals surface area (Å²) in [6, 6.07) is 12.6. The monoisotopic (exact) mass is 354 g/mol. The van der Waals surface area contributed by atoms with E-state index in [1.165, 1.54) is 16.9 Å². The normalized spacial score (nSPS) is 19.2. The van der Waals surface area contributed by atoms with Crippen LogP contribution in [-0.4, -0.2) is 17.4 Å². The first-order chi connectivity index (χ1) is 11.7. The van der Waals surface area contributed by atoms with Crippen LogP contribution in [0.2, 0.25) is 0 Å². The first kappa shape index (κ1) is 15.5. The maximum atomic E-state index is 12.5. The lowest BCUT2D eigenvalue weighted by Crippen LogP contribution is -2.25. The first-order valence-corrected chi connectivity index (χ1v) is 9.81. The summed E-state index contributed by atoms with van der Waals surface area (Å²) < 4.78 is 0. The smallest absolute Gasteiger partial charge is 0.263 e. The number of aryl methyl sites for hydroxylation is 1. The van der Waals surface area contributed by atoms with Gasteiger partial charge in [0, 0.05) is 17.5 Å². The van der Waals surface area contributed by atoms with Crippen LogP contribution >= 0.6 is 22.7 Å². The van der Waals surface area contributed by atoms with Gasteiger partial charge in [-0.15, -0.1) is 11.3 Å². The van der Waals surface area contributed by atoms with Gasteiger partial charge in [-0.05, 0) is 42.2 Å². The number of hydrogen-bond acceptors (Lipinski definition) is 4. The molecule has 5 heteroatoms. The standard InChI is InChI=1S/C19H18N2OS2/c1-12-17(24-19(21-12)14-7-8-23-11-14)18(22)20-10-15-9-16(15)13-5-3-2-4-6-13/h2-8,11,15-16H,9-10H2,1H3,(H,20,22). The Kier molecular flexibility index (Phi) is 4.21. The third kappa shape index (κ3) is 3.14. The van der Waals surface area contributed by atoms with Crippen LogP contribution in [0.4, 0.5) is 0 Å². The molecule has 3 aromatic rings. The molecule has 1 saturated carbocycles. The third-order valence-electron chi connectivity index (χ3n) is 4.45. The lowest BCUT2D eigenvalue weighted by molar-refractivity contribution is 0.0955.